The van der Waals surface area contributed by atoms with Crippen molar-refractivity contribution >= 4 is 17.5 Å². The van der Waals surface area contributed by atoms with Crippen LogP contribution in [0.2, 0.25) is 0 Å². The number of aromatic nitrogens is 1. The highest BCUT2D eigenvalue weighted by atomic mass is 16.2. The quantitative estimate of drug-likeness (QED) is 0.714. The lowest BCUT2D eigenvalue weighted by molar-refractivity contribution is -0.122. The second kappa shape index (κ2) is 8.47. The molecule has 1 aliphatic carbocycles. The number of carbonyl (C=O) groups excluding carboxylic acids is 2. The molecule has 6 nitrogen and oxygen atoms in total. The average Bonchev–Trinajstić information content (AvgIpc) is 3.47. The molecule has 26 heavy (non-hydrogen) atoms. The Balaban J connectivity index is 1.41. The van der Waals surface area contributed by atoms with E-state index in [1.54, 1.807) is 16.8 Å². The van der Waals surface area contributed by atoms with Crippen molar-refractivity contribution in [3.8, 4) is 0 Å². The minimum Gasteiger partial charge on any atom is -0.356 e. The van der Waals surface area contributed by atoms with E-state index in [0.29, 0.717) is 25.9 Å². The fourth-order valence-electron chi connectivity index (χ4n) is 2.66. The monoisotopic (exact) mass is 353 g/mol. The third-order valence-corrected chi connectivity index (χ3v) is 4.32. The topological polar surface area (TPSA) is 80.2 Å². The lowest BCUT2D eigenvalue weighted by Gasteiger charge is -2.08. The molecule has 1 aromatic carbocycles. The van der Waals surface area contributed by atoms with Crippen molar-refractivity contribution in [3.63, 3.8) is 0 Å². The number of pyridine rings is 1. The predicted octanol–water partition coefficient (Wildman–Crippen LogP) is 2.14. The number of hydrogen-bond acceptors (Lipinski definition) is 3. The molecule has 2 N–H and O–H groups in total. The second-order valence-electron chi connectivity index (χ2n) is 6.58. The summed E-state index contributed by atoms with van der Waals surface area (Å²) < 4.78 is 1.63. The van der Waals surface area contributed by atoms with Crippen LogP contribution in [-0.2, 0) is 16.1 Å². The third-order valence-electron chi connectivity index (χ3n) is 4.32. The van der Waals surface area contributed by atoms with Gasteiger partial charge in [-0.15, -0.1) is 0 Å². The molecule has 1 fully saturated rings. The normalized spacial score (nSPS) is 13.2. The maximum atomic E-state index is 12.0. The number of nitrogens with zero attached hydrogens (tertiary/aromatic N) is 1. The molecule has 1 aromatic heterocycles. The van der Waals surface area contributed by atoms with Crippen LogP contribution in [0.1, 0.15) is 31.2 Å². The molecule has 0 atom stereocenters. The summed E-state index contributed by atoms with van der Waals surface area (Å²) >= 11 is 0. The van der Waals surface area contributed by atoms with Crippen LogP contribution in [0, 0.1) is 5.92 Å². The minimum absolute atomic E-state index is 0.0429. The van der Waals surface area contributed by atoms with Gasteiger partial charge >= 0.3 is 0 Å². The highest BCUT2D eigenvalue weighted by Gasteiger charge is 2.28. The zero-order chi connectivity index (χ0) is 18.4. The Hall–Kier alpha value is -2.89. The second-order valence-corrected chi connectivity index (χ2v) is 6.58. The molecule has 0 spiro atoms. The molecule has 0 unspecified atom stereocenters. The number of benzene rings is 1. The Morgan fingerprint density at radius 2 is 1.85 bits per heavy atom. The van der Waals surface area contributed by atoms with Gasteiger partial charge < -0.3 is 15.2 Å². The van der Waals surface area contributed by atoms with Gasteiger partial charge in [-0.3, -0.25) is 14.4 Å². The summed E-state index contributed by atoms with van der Waals surface area (Å²) in [6.45, 7) is 1.03. The number of hydrogen-bond donors (Lipinski definition) is 2. The summed E-state index contributed by atoms with van der Waals surface area (Å²) in [4.78, 5) is 35.2. The average molecular weight is 353 g/mol. The molecule has 0 saturated heterocycles. The molecule has 2 aromatic rings. The van der Waals surface area contributed by atoms with E-state index in [9.17, 15) is 14.4 Å². The first kappa shape index (κ1) is 17.9. The van der Waals surface area contributed by atoms with Crippen LogP contribution in [0.15, 0.2) is 53.5 Å². The Kier molecular flexibility index (Phi) is 5.84. The molecule has 2 amide bonds. The van der Waals surface area contributed by atoms with Crippen LogP contribution in [0.3, 0.4) is 0 Å². The Labute approximate surface area is 152 Å². The maximum absolute atomic E-state index is 12.0. The Morgan fingerprint density at radius 3 is 2.54 bits per heavy atom. The fourth-order valence-corrected chi connectivity index (χ4v) is 2.66. The fraction of sp³-hybridized carbons (Fsp3) is 0.350. The highest BCUT2D eigenvalue weighted by molar-refractivity contribution is 5.90. The van der Waals surface area contributed by atoms with E-state index in [-0.39, 0.29) is 23.3 Å². The summed E-state index contributed by atoms with van der Waals surface area (Å²) in [6.07, 6.45) is 4.72. The lowest BCUT2D eigenvalue weighted by atomic mass is 10.2. The number of amides is 2. The molecule has 3 rings (SSSR count). The molecule has 136 valence electrons. The Bertz CT molecular complexity index is 823. The van der Waals surface area contributed by atoms with Crippen molar-refractivity contribution in [3.05, 3.63) is 64.6 Å². The van der Waals surface area contributed by atoms with Crippen LogP contribution in [0.25, 0.3) is 0 Å². The molecule has 0 radical (unpaired) electrons. The van der Waals surface area contributed by atoms with Gasteiger partial charge in [-0.25, -0.2) is 0 Å². The van der Waals surface area contributed by atoms with E-state index in [4.69, 9.17) is 0 Å². The summed E-state index contributed by atoms with van der Waals surface area (Å²) in [6, 6.07) is 12.5. The number of rotatable bonds is 8. The first-order chi connectivity index (χ1) is 12.6. The maximum Gasteiger partial charge on any atom is 0.250 e. The van der Waals surface area contributed by atoms with Gasteiger partial charge in [0.2, 0.25) is 11.8 Å². The van der Waals surface area contributed by atoms with Crippen LogP contribution >= 0.6 is 0 Å². The molecule has 1 aliphatic rings. The van der Waals surface area contributed by atoms with Gasteiger partial charge in [-0.05, 0) is 43.0 Å². The summed E-state index contributed by atoms with van der Waals surface area (Å²) in [5.74, 6) is 0.241. The van der Waals surface area contributed by atoms with Gasteiger partial charge in [-0.1, -0.05) is 18.2 Å². The van der Waals surface area contributed by atoms with Crippen LogP contribution in [0.4, 0.5) is 5.69 Å². The molecular formula is C20H23N3O3. The van der Waals surface area contributed by atoms with E-state index in [2.05, 4.69) is 10.6 Å². The van der Waals surface area contributed by atoms with Crippen molar-refractivity contribution < 1.29 is 9.59 Å². The molecular weight excluding hydrogens is 330 g/mol. The largest absolute Gasteiger partial charge is 0.356 e. The van der Waals surface area contributed by atoms with Gasteiger partial charge in [0.05, 0.1) is 6.54 Å². The number of nitrogens with one attached hydrogen (secondary N) is 2. The zero-order valence-corrected chi connectivity index (χ0v) is 14.6. The van der Waals surface area contributed by atoms with E-state index >= 15 is 0 Å². The highest BCUT2D eigenvalue weighted by Crippen LogP contribution is 2.28. The van der Waals surface area contributed by atoms with Crippen molar-refractivity contribution in [1.82, 2.24) is 9.88 Å². The van der Waals surface area contributed by atoms with Crippen LogP contribution in [0.5, 0.6) is 0 Å². The summed E-state index contributed by atoms with van der Waals surface area (Å²) in [7, 11) is 0. The lowest BCUT2D eigenvalue weighted by Crippen LogP contribution is -2.26. The van der Waals surface area contributed by atoms with Crippen LogP contribution < -0.4 is 16.2 Å². The van der Waals surface area contributed by atoms with Crippen LogP contribution in [-0.4, -0.2) is 22.9 Å². The Morgan fingerprint density at radius 1 is 1.08 bits per heavy atom. The first-order valence-electron chi connectivity index (χ1n) is 8.94. The van der Waals surface area contributed by atoms with E-state index in [0.717, 1.165) is 24.1 Å². The van der Waals surface area contributed by atoms with Crippen molar-refractivity contribution in [2.24, 2.45) is 5.92 Å². The zero-order valence-electron chi connectivity index (χ0n) is 14.6. The van der Waals surface area contributed by atoms with Crippen molar-refractivity contribution in [2.75, 3.05) is 11.9 Å². The van der Waals surface area contributed by atoms with Gasteiger partial charge in [0.1, 0.15) is 0 Å². The summed E-state index contributed by atoms with van der Waals surface area (Å²) in [5.41, 5.74) is 1.67. The smallest absolute Gasteiger partial charge is 0.250 e. The molecule has 1 heterocycles. The van der Waals surface area contributed by atoms with Gasteiger partial charge in [0.15, 0.2) is 0 Å². The molecule has 0 bridgehead atoms. The standard InChI is InChI=1S/C20H23N3O3/c24-18(4-3-12-21-20(26)16-8-9-16)22-17-10-6-15(7-11-17)14-23-13-2-1-5-19(23)25/h1-2,5-7,10-11,13,16H,3-4,8-9,12,14H2,(H,21,26)(H,22,24). The van der Waals surface area contributed by atoms with E-state index in [1.165, 1.54) is 6.07 Å². The van der Waals surface area contributed by atoms with Crippen molar-refractivity contribution in [2.45, 2.75) is 32.2 Å². The van der Waals surface area contributed by atoms with Gasteiger partial charge in [0, 0.05) is 36.8 Å². The first-order valence-corrected chi connectivity index (χ1v) is 8.94. The predicted molar refractivity (Wildman–Crippen MR) is 99.8 cm³/mol. The van der Waals surface area contributed by atoms with Crippen molar-refractivity contribution in [1.29, 1.82) is 0 Å². The van der Waals surface area contributed by atoms with Gasteiger partial charge in [0.25, 0.3) is 5.56 Å². The molecule has 1 saturated carbocycles. The van der Waals surface area contributed by atoms with E-state index < -0.39 is 0 Å². The summed E-state index contributed by atoms with van der Waals surface area (Å²) in [5, 5.41) is 5.70. The molecule has 0 aliphatic heterocycles. The van der Waals surface area contributed by atoms with E-state index in [1.807, 2.05) is 30.3 Å². The number of anilines is 1. The minimum atomic E-state index is -0.0716. The van der Waals surface area contributed by atoms with Gasteiger partial charge in [-0.2, -0.15) is 0 Å². The molecule has 6 heteroatoms. The number of carbonyl (C=O) groups is 2. The SMILES string of the molecule is O=C(CCCNC(=O)C1CC1)Nc1ccc(Cn2ccccc2=O)cc1. The third kappa shape index (κ3) is 5.31.